The number of hydrogen-bond donors (Lipinski definition) is 2. The van der Waals surface area contributed by atoms with Gasteiger partial charge in [0.2, 0.25) is 0 Å². The predicted octanol–water partition coefficient (Wildman–Crippen LogP) is 3.35. The lowest BCUT2D eigenvalue weighted by Crippen LogP contribution is -2.32. The van der Waals surface area contributed by atoms with Crippen LogP contribution in [0.4, 0.5) is 5.69 Å². The van der Waals surface area contributed by atoms with E-state index in [1.165, 1.54) is 0 Å². The first kappa shape index (κ1) is 18.2. The first-order chi connectivity index (χ1) is 13.5. The van der Waals surface area contributed by atoms with Gasteiger partial charge in [-0.25, -0.2) is 0 Å². The van der Waals surface area contributed by atoms with Crippen LogP contribution in [0.1, 0.15) is 34.6 Å². The van der Waals surface area contributed by atoms with Crippen molar-refractivity contribution in [3.8, 4) is 11.1 Å². The van der Waals surface area contributed by atoms with Crippen molar-refractivity contribution in [1.29, 1.82) is 0 Å². The Morgan fingerprint density at radius 3 is 2.75 bits per heavy atom. The number of benzene rings is 1. The largest absolute Gasteiger partial charge is 0.398 e. The summed E-state index contributed by atoms with van der Waals surface area (Å²) in [5, 5.41) is 7.67. The fraction of sp³-hybridized carbons (Fsp3) is 0.318. The van der Waals surface area contributed by atoms with E-state index in [-0.39, 0.29) is 11.3 Å². The van der Waals surface area contributed by atoms with Crippen molar-refractivity contribution in [3.63, 3.8) is 0 Å². The molecule has 0 unspecified atom stereocenters. The second kappa shape index (κ2) is 7.11. The normalized spacial score (nSPS) is 14.6. The summed E-state index contributed by atoms with van der Waals surface area (Å²) in [6.07, 6.45) is 5.60. The van der Waals surface area contributed by atoms with Gasteiger partial charge >= 0.3 is 0 Å². The van der Waals surface area contributed by atoms with E-state index in [4.69, 9.17) is 5.73 Å². The molecule has 3 N–H and O–H groups in total. The zero-order valence-corrected chi connectivity index (χ0v) is 16.3. The predicted molar refractivity (Wildman–Crippen MR) is 110 cm³/mol. The van der Waals surface area contributed by atoms with Crippen LogP contribution in [0.5, 0.6) is 0 Å². The number of carbonyl (C=O) groups is 1. The fourth-order valence-corrected chi connectivity index (χ4v) is 3.56. The van der Waals surface area contributed by atoms with E-state index in [9.17, 15) is 4.79 Å². The van der Waals surface area contributed by atoms with Crippen LogP contribution >= 0.6 is 0 Å². The summed E-state index contributed by atoms with van der Waals surface area (Å²) in [6, 6.07) is 11.4. The molecule has 0 spiro atoms. The van der Waals surface area contributed by atoms with Gasteiger partial charge in [0.25, 0.3) is 5.91 Å². The Morgan fingerprint density at radius 1 is 1.25 bits per heavy atom. The van der Waals surface area contributed by atoms with Crippen molar-refractivity contribution >= 4 is 11.6 Å². The number of hydrogen-bond acceptors (Lipinski definition) is 4. The molecule has 1 saturated carbocycles. The molecule has 2 heterocycles. The van der Waals surface area contributed by atoms with Crippen molar-refractivity contribution in [2.75, 3.05) is 12.3 Å². The third-order valence-corrected chi connectivity index (χ3v) is 5.46. The standard InChI is InChI=1S/C22H25N5O/c1-15-10-16(2)27(26-15)14-22(7-8-22)13-25-21(28)18-5-3-4-17(11-18)19-12-24-9-6-20(19)23/h3-6,9-12H,7-8,13-14H2,1-2H3,(H2,23,24)(H,25,28). The molecule has 0 bridgehead atoms. The molecule has 0 atom stereocenters. The Hall–Kier alpha value is -3.15. The molecular weight excluding hydrogens is 350 g/mol. The number of nitrogens with one attached hydrogen (secondary N) is 1. The zero-order valence-electron chi connectivity index (χ0n) is 16.3. The third-order valence-electron chi connectivity index (χ3n) is 5.46. The van der Waals surface area contributed by atoms with Crippen molar-refractivity contribution in [2.45, 2.75) is 33.2 Å². The quantitative estimate of drug-likeness (QED) is 0.692. The maximum Gasteiger partial charge on any atom is 0.251 e. The molecule has 1 amide bonds. The van der Waals surface area contributed by atoms with Gasteiger partial charge in [0.15, 0.2) is 0 Å². The topological polar surface area (TPSA) is 85.8 Å². The van der Waals surface area contributed by atoms with Gasteiger partial charge in [0.05, 0.1) is 5.69 Å². The molecular formula is C22H25N5O. The number of carbonyl (C=O) groups excluding carboxylic acids is 1. The maximum absolute atomic E-state index is 12.7. The molecule has 2 aromatic heterocycles. The number of amides is 1. The number of nitrogens with zero attached hydrogens (tertiary/aromatic N) is 3. The van der Waals surface area contributed by atoms with E-state index < -0.39 is 0 Å². The summed E-state index contributed by atoms with van der Waals surface area (Å²) in [5.41, 5.74) is 11.4. The Bertz CT molecular complexity index is 1020. The molecule has 4 rings (SSSR count). The second-order valence-electron chi connectivity index (χ2n) is 7.81. The molecule has 3 aromatic rings. The van der Waals surface area contributed by atoms with Crippen LogP contribution in [0.25, 0.3) is 11.1 Å². The van der Waals surface area contributed by atoms with Crippen molar-refractivity contribution in [1.82, 2.24) is 20.1 Å². The van der Waals surface area contributed by atoms with Crippen LogP contribution in [-0.2, 0) is 6.54 Å². The van der Waals surface area contributed by atoms with Crippen molar-refractivity contribution in [3.05, 3.63) is 65.7 Å². The summed E-state index contributed by atoms with van der Waals surface area (Å²) in [7, 11) is 0. The molecule has 0 aliphatic heterocycles. The van der Waals surface area contributed by atoms with Crippen molar-refractivity contribution < 1.29 is 4.79 Å². The van der Waals surface area contributed by atoms with Gasteiger partial charge in [-0.2, -0.15) is 5.10 Å². The van der Waals surface area contributed by atoms with Gasteiger partial charge < -0.3 is 11.1 Å². The fourth-order valence-electron chi connectivity index (χ4n) is 3.56. The minimum Gasteiger partial charge on any atom is -0.398 e. The number of pyridine rings is 1. The molecule has 1 aromatic carbocycles. The maximum atomic E-state index is 12.7. The number of anilines is 1. The van der Waals surface area contributed by atoms with Gasteiger partial charge in [-0.3, -0.25) is 14.5 Å². The van der Waals surface area contributed by atoms with Crippen LogP contribution in [0.3, 0.4) is 0 Å². The lowest BCUT2D eigenvalue weighted by atomic mass is 10.0. The van der Waals surface area contributed by atoms with Crippen LogP contribution < -0.4 is 11.1 Å². The molecule has 1 fully saturated rings. The van der Waals surface area contributed by atoms with Gasteiger partial charge in [-0.15, -0.1) is 0 Å². The molecule has 1 aliphatic rings. The molecule has 1 aliphatic carbocycles. The number of rotatable bonds is 6. The minimum absolute atomic E-state index is 0.0658. The van der Waals surface area contributed by atoms with Gasteiger partial charge in [0, 0.05) is 53.4 Å². The number of nitrogen functional groups attached to an aromatic ring is 1. The average molecular weight is 375 g/mol. The lowest BCUT2D eigenvalue weighted by Gasteiger charge is -2.17. The van der Waals surface area contributed by atoms with Crippen LogP contribution in [0.15, 0.2) is 48.8 Å². The highest BCUT2D eigenvalue weighted by atomic mass is 16.1. The minimum atomic E-state index is -0.0658. The van der Waals surface area contributed by atoms with Crippen LogP contribution in [0.2, 0.25) is 0 Å². The summed E-state index contributed by atoms with van der Waals surface area (Å²) < 4.78 is 2.06. The first-order valence-corrected chi connectivity index (χ1v) is 9.55. The van der Waals surface area contributed by atoms with Gasteiger partial charge in [0.1, 0.15) is 0 Å². The molecule has 0 radical (unpaired) electrons. The van der Waals surface area contributed by atoms with Gasteiger partial charge in [-0.1, -0.05) is 12.1 Å². The van der Waals surface area contributed by atoms with E-state index in [1.807, 2.05) is 31.2 Å². The SMILES string of the molecule is Cc1cc(C)n(CC2(CNC(=O)c3cccc(-c4cnccc4N)c3)CC2)n1. The zero-order chi connectivity index (χ0) is 19.7. The van der Waals surface area contributed by atoms with Gasteiger partial charge in [-0.05, 0) is 56.5 Å². The Balaban J connectivity index is 1.44. The first-order valence-electron chi connectivity index (χ1n) is 9.55. The van der Waals surface area contributed by atoms with E-state index in [0.29, 0.717) is 17.8 Å². The molecule has 28 heavy (non-hydrogen) atoms. The van der Waals surface area contributed by atoms with Crippen LogP contribution in [0, 0.1) is 19.3 Å². The van der Waals surface area contributed by atoms with Crippen molar-refractivity contribution in [2.24, 2.45) is 5.41 Å². The average Bonchev–Trinajstić information content (AvgIpc) is 3.38. The Labute approximate surface area is 164 Å². The Morgan fingerprint density at radius 2 is 2.07 bits per heavy atom. The van der Waals surface area contributed by atoms with E-state index in [0.717, 1.165) is 41.9 Å². The summed E-state index contributed by atoms with van der Waals surface area (Å²) in [4.78, 5) is 16.9. The van der Waals surface area contributed by atoms with E-state index in [1.54, 1.807) is 18.5 Å². The van der Waals surface area contributed by atoms with E-state index >= 15 is 0 Å². The highest BCUT2D eigenvalue weighted by Gasteiger charge is 2.43. The molecule has 144 valence electrons. The molecule has 6 heteroatoms. The number of nitrogens with two attached hydrogens (primary N) is 1. The summed E-state index contributed by atoms with van der Waals surface area (Å²) >= 11 is 0. The monoisotopic (exact) mass is 375 g/mol. The summed E-state index contributed by atoms with van der Waals surface area (Å²) in [6.45, 7) is 5.58. The highest BCUT2D eigenvalue weighted by Crippen LogP contribution is 2.46. The van der Waals surface area contributed by atoms with E-state index in [2.05, 4.69) is 33.1 Å². The Kier molecular flexibility index (Phi) is 4.63. The third kappa shape index (κ3) is 3.76. The second-order valence-corrected chi connectivity index (χ2v) is 7.81. The highest BCUT2D eigenvalue weighted by molar-refractivity contribution is 5.95. The lowest BCUT2D eigenvalue weighted by molar-refractivity contribution is 0.0942. The number of aryl methyl sites for hydroxylation is 2. The molecule has 0 saturated heterocycles. The summed E-state index contributed by atoms with van der Waals surface area (Å²) in [5.74, 6) is -0.0658. The smallest absolute Gasteiger partial charge is 0.251 e. The molecule has 6 nitrogen and oxygen atoms in total. The van der Waals surface area contributed by atoms with Crippen LogP contribution in [-0.4, -0.2) is 27.2 Å². The number of aromatic nitrogens is 3.